The highest BCUT2D eigenvalue weighted by atomic mass is 16.5. The van der Waals surface area contributed by atoms with E-state index in [1.165, 1.54) is 0 Å². The van der Waals surface area contributed by atoms with Gasteiger partial charge in [-0.05, 0) is 18.2 Å². The average molecular weight is 409 g/mol. The van der Waals surface area contributed by atoms with Gasteiger partial charge in [-0.2, -0.15) is 0 Å². The summed E-state index contributed by atoms with van der Waals surface area (Å²) in [4.78, 5) is 18.6. The van der Waals surface area contributed by atoms with Crippen molar-refractivity contribution in [3.63, 3.8) is 0 Å². The van der Waals surface area contributed by atoms with E-state index in [4.69, 9.17) is 18.9 Å². The zero-order chi connectivity index (χ0) is 20.5. The molecule has 1 aromatic carbocycles. The number of rotatable bonds is 8. The summed E-state index contributed by atoms with van der Waals surface area (Å²) in [6.07, 6.45) is 0.956. The number of quaternary nitrogens is 1. The first kappa shape index (κ1) is 21.7. The van der Waals surface area contributed by atoms with Crippen molar-refractivity contribution in [2.24, 2.45) is 0 Å². The van der Waals surface area contributed by atoms with Crippen LogP contribution < -0.4 is 14.4 Å². The number of methoxy groups -OCH3 is 2. The molecule has 2 heterocycles. The second-order valence-electron chi connectivity index (χ2n) is 7.45. The predicted molar refractivity (Wildman–Crippen MR) is 109 cm³/mol. The molecule has 2 aliphatic heterocycles. The van der Waals surface area contributed by atoms with E-state index in [0.717, 1.165) is 56.3 Å². The monoisotopic (exact) mass is 408 g/mol. The summed E-state index contributed by atoms with van der Waals surface area (Å²) in [5.74, 6) is 1.53. The van der Waals surface area contributed by atoms with Gasteiger partial charge in [0.15, 0.2) is 0 Å². The first-order valence-electron chi connectivity index (χ1n) is 10.4. The van der Waals surface area contributed by atoms with E-state index in [1.807, 2.05) is 28.0 Å². The molecule has 162 valence electrons. The van der Waals surface area contributed by atoms with Crippen molar-refractivity contribution in [1.82, 2.24) is 9.80 Å². The highest BCUT2D eigenvalue weighted by Gasteiger charge is 2.24. The minimum atomic E-state index is 0.0650. The number of ether oxygens (including phenoxy) is 4. The Labute approximate surface area is 173 Å². The number of hydrogen-bond donors (Lipinski definition) is 1. The van der Waals surface area contributed by atoms with Gasteiger partial charge in [-0.1, -0.05) is 0 Å². The van der Waals surface area contributed by atoms with Gasteiger partial charge in [0.25, 0.3) is 0 Å². The van der Waals surface area contributed by atoms with Gasteiger partial charge in [-0.25, -0.2) is 4.79 Å². The quantitative estimate of drug-likeness (QED) is 0.669. The summed E-state index contributed by atoms with van der Waals surface area (Å²) >= 11 is 0. The van der Waals surface area contributed by atoms with Crippen LogP contribution in [0.1, 0.15) is 12.0 Å². The van der Waals surface area contributed by atoms with E-state index < -0.39 is 0 Å². The zero-order valence-electron chi connectivity index (χ0n) is 17.7. The maximum absolute atomic E-state index is 13.2. The Balaban J connectivity index is 1.68. The maximum atomic E-state index is 13.2. The van der Waals surface area contributed by atoms with Crippen molar-refractivity contribution in [2.75, 3.05) is 79.9 Å². The third kappa shape index (κ3) is 6.22. The van der Waals surface area contributed by atoms with Crippen LogP contribution in [0.2, 0.25) is 0 Å². The fraction of sp³-hybridized carbons (Fsp3) is 0.667. The lowest BCUT2D eigenvalue weighted by Gasteiger charge is -2.33. The van der Waals surface area contributed by atoms with Crippen molar-refractivity contribution in [3.8, 4) is 11.5 Å². The lowest BCUT2D eigenvalue weighted by Crippen LogP contribution is -3.14. The van der Waals surface area contributed by atoms with Gasteiger partial charge >= 0.3 is 6.03 Å². The third-order valence-electron chi connectivity index (χ3n) is 5.56. The molecule has 0 aliphatic carbocycles. The lowest BCUT2D eigenvalue weighted by atomic mass is 10.1. The molecule has 3 rings (SSSR count). The Hall–Kier alpha value is -2.03. The molecule has 1 aromatic rings. The summed E-state index contributed by atoms with van der Waals surface area (Å²) in [5.41, 5.74) is 0.951. The van der Waals surface area contributed by atoms with Gasteiger partial charge in [0, 0.05) is 31.6 Å². The van der Waals surface area contributed by atoms with Gasteiger partial charge in [0.05, 0.1) is 53.7 Å². The Morgan fingerprint density at radius 2 is 1.83 bits per heavy atom. The average Bonchev–Trinajstić information content (AvgIpc) is 2.79. The molecule has 2 saturated heterocycles. The van der Waals surface area contributed by atoms with Crippen LogP contribution in [0, 0.1) is 0 Å². The molecular weight excluding hydrogens is 374 g/mol. The molecule has 0 aromatic heterocycles. The molecule has 0 atom stereocenters. The van der Waals surface area contributed by atoms with Gasteiger partial charge in [-0.15, -0.1) is 0 Å². The van der Waals surface area contributed by atoms with Crippen molar-refractivity contribution < 1.29 is 28.6 Å². The number of hydrogen-bond acceptors (Lipinski definition) is 5. The minimum absolute atomic E-state index is 0.0650. The first-order chi connectivity index (χ1) is 14.2. The molecule has 0 bridgehead atoms. The smallest absolute Gasteiger partial charge is 0.320 e. The highest BCUT2D eigenvalue weighted by molar-refractivity contribution is 5.74. The van der Waals surface area contributed by atoms with E-state index in [0.29, 0.717) is 39.4 Å². The Morgan fingerprint density at radius 3 is 2.52 bits per heavy atom. The van der Waals surface area contributed by atoms with E-state index in [9.17, 15) is 4.79 Å². The second kappa shape index (κ2) is 11.2. The fourth-order valence-electron chi connectivity index (χ4n) is 3.84. The molecule has 0 radical (unpaired) electrons. The van der Waals surface area contributed by atoms with Crippen LogP contribution in [0.25, 0.3) is 0 Å². The number of nitrogens with one attached hydrogen (secondary N) is 1. The van der Waals surface area contributed by atoms with E-state index >= 15 is 0 Å². The van der Waals surface area contributed by atoms with Gasteiger partial charge in [0.1, 0.15) is 24.6 Å². The summed E-state index contributed by atoms with van der Waals surface area (Å²) < 4.78 is 21.8. The third-order valence-corrected chi connectivity index (χ3v) is 5.56. The van der Waals surface area contributed by atoms with Crippen molar-refractivity contribution >= 4 is 6.03 Å². The Kier molecular flexibility index (Phi) is 8.39. The zero-order valence-corrected chi connectivity index (χ0v) is 17.7. The summed E-state index contributed by atoms with van der Waals surface area (Å²) in [6.45, 7) is 8.46. The van der Waals surface area contributed by atoms with Gasteiger partial charge in [0.2, 0.25) is 0 Å². The first-order valence-corrected chi connectivity index (χ1v) is 10.4. The maximum Gasteiger partial charge on any atom is 0.320 e. The topological polar surface area (TPSA) is 64.9 Å². The van der Waals surface area contributed by atoms with Crippen LogP contribution >= 0.6 is 0 Å². The molecule has 8 heteroatoms. The predicted octanol–water partition coefficient (Wildman–Crippen LogP) is 0.263. The molecule has 29 heavy (non-hydrogen) atoms. The standard InChI is InChI=1S/C21H33N3O5/c1-26-19-4-5-20(27-2)18(16-19)17-24(21(25)23-10-14-29-15-11-23)7-3-6-22-8-12-28-13-9-22/h4-5,16H,3,6-15,17H2,1-2H3/p+1. The van der Waals surface area contributed by atoms with Crippen LogP contribution in [-0.2, 0) is 16.0 Å². The Morgan fingerprint density at radius 1 is 1.10 bits per heavy atom. The van der Waals surface area contributed by atoms with E-state index in [1.54, 1.807) is 19.1 Å². The largest absolute Gasteiger partial charge is 0.497 e. The van der Waals surface area contributed by atoms with Crippen molar-refractivity contribution in [1.29, 1.82) is 0 Å². The molecule has 0 unspecified atom stereocenters. The van der Waals surface area contributed by atoms with E-state index in [2.05, 4.69) is 0 Å². The second-order valence-corrected chi connectivity index (χ2v) is 7.45. The molecule has 2 aliphatic rings. The van der Waals surface area contributed by atoms with Crippen molar-refractivity contribution in [2.45, 2.75) is 13.0 Å². The molecule has 8 nitrogen and oxygen atoms in total. The Bertz CT molecular complexity index is 645. The summed E-state index contributed by atoms with van der Waals surface area (Å²) in [6, 6.07) is 5.78. The summed E-state index contributed by atoms with van der Waals surface area (Å²) in [7, 11) is 3.30. The minimum Gasteiger partial charge on any atom is -0.497 e. The van der Waals surface area contributed by atoms with Crippen LogP contribution in [0.3, 0.4) is 0 Å². The number of morpholine rings is 2. The lowest BCUT2D eigenvalue weighted by molar-refractivity contribution is -0.908. The highest BCUT2D eigenvalue weighted by Crippen LogP contribution is 2.25. The molecule has 2 fully saturated rings. The summed E-state index contributed by atoms with van der Waals surface area (Å²) in [5, 5.41) is 0. The number of urea groups is 1. The number of carbonyl (C=O) groups is 1. The SMILES string of the molecule is COc1ccc(OC)c(CN(CCC[NH+]2CCOCC2)C(=O)N2CCOCC2)c1. The van der Waals surface area contributed by atoms with Gasteiger partial charge < -0.3 is 33.6 Å². The molecule has 2 amide bonds. The van der Waals surface area contributed by atoms with E-state index in [-0.39, 0.29) is 6.03 Å². The fourth-order valence-corrected chi connectivity index (χ4v) is 3.84. The molecule has 0 spiro atoms. The van der Waals surface area contributed by atoms with Crippen LogP contribution in [0.15, 0.2) is 18.2 Å². The molecule has 1 N–H and O–H groups in total. The molecular formula is C21H34N3O5+. The molecule has 0 saturated carbocycles. The van der Waals surface area contributed by atoms with Gasteiger partial charge in [-0.3, -0.25) is 0 Å². The van der Waals surface area contributed by atoms with Crippen LogP contribution in [0.5, 0.6) is 11.5 Å². The van der Waals surface area contributed by atoms with Crippen LogP contribution in [-0.4, -0.2) is 95.7 Å². The van der Waals surface area contributed by atoms with Crippen LogP contribution in [0.4, 0.5) is 4.79 Å². The number of carbonyl (C=O) groups excluding carboxylic acids is 1. The number of nitrogens with zero attached hydrogens (tertiary/aromatic N) is 2. The number of amides is 2. The normalized spacial score (nSPS) is 17.8. The van der Waals surface area contributed by atoms with Crippen molar-refractivity contribution in [3.05, 3.63) is 23.8 Å². The number of benzene rings is 1.